The van der Waals surface area contributed by atoms with Crippen molar-refractivity contribution >= 4 is 15.7 Å². The average molecular weight is 364 g/mol. The van der Waals surface area contributed by atoms with Crippen LogP contribution in [-0.2, 0) is 21.2 Å². The van der Waals surface area contributed by atoms with Gasteiger partial charge in [0.2, 0.25) is 5.91 Å². The fraction of sp³-hybridized carbons (Fsp3) is 0.294. The minimum Gasteiger partial charge on any atom is -0.389 e. The lowest BCUT2D eigenvalue weighted by atomic mass is 10.0. The molecule has 0 saturated carbocycles. The molecule has 0 aliphatic heterocycles. The number of aromatic nitrogens is 1. The second-order valence-electron chi connectivity index (χ2n) is 6.03. The van der Waals surface area contributed by atoms with Crippen LogP contribution in [0.1, 0.15) is 6.92 Å². The van der Waals surface area contributed by atoms with E-state index in [2.05, 4.69) is 0 Å². The number of hydrogen-bond donors (Lipinski definition) is 2. The highest BCUT2D eigenvalue weighted by atomic mass is 32.2. The molecule has 0 bridgehead atoms. The van der Waals surface area contributed by atoms with Crippen molar-refractivity contribution in [3.63, 3.8) is 0 Å². The fourth-order valence-corrected chi connectivity index (χ4v) is 3.36. The van der Waals surface area contributed by atoms with E-state index in [1.165, 1.54) is 12.3 Å². The van der Waals surface area contributed by atoms with Gasteiger partial charge in [-0.15, -0.1) is 0 Å². The quantitative estimate of drug-likeness (QED) is 0.757. The zero-order chi connectivity index (χ0) is 18.8. The van der Waals surface area contributed by atoms with Crippen LogP contribution >= 0.6 is 0 Å². The van der Waals surface area contributed by atoms with Crippen molar-refractivity contribution in [3.8, 4) is 11.1 Å². The van der Waals surface area contributed by atoms with E-state index in [-0.39, 0.29) is 6.54 Å². The molecule has 8 heteroatoms. The molecule has 0 aliphatic rings. The summed E-state index contributed by atoms with van der Waals surface area (Å²) in [4.78, 5) is 23.9. The lowest BCUT2D eigenvalue weighted by molar-refractivity contribution is -0.123. The molecule has 25 heavy (non-hydrogen) atoms. The minimum atomic E-state index is -3.99. The summed E-state index contributed by atoms with van der Waals surface area (Å²) in [6.45, 7) is 0.680. The molecule has 134 valence electrons. The highest BCUT2D eigenvalue weighted by Crippen LogP contribution is 2.22. The Bertz CT molecular complexity index is 937. The summed E-state index contributed by atoms with van der Waals surface area (Å²) >= 11 is 0. The summed E-state index contributed by atoms with van der Waals surface area (Å²) in [6, 6.07) is 12.3. The first kappa shape index (κ1) is 18.9. The molecular formula is C17H20N2O5S. The molecule has 2 atom stereocenters. The molecular weight excluding hydrogens is 344 g/mol. The molecule has 7 nitrogen and oxygen atoms in total. The van der Waals surface area contributed by atoms with E-state index < -0.39 is 32.2 Å². The van der Waals surface area contributed by atoms with Crippen LogP contribution in [-0.4, -0.2) is 41.1 Å². The summed E-state index contributed by atoms with van der Waals surface area (Å²) in [5.74, 6) is -1.17. The van der Waals surface area contributed by atoms with Crippen molar-refractivity contribution in [1.29, 1.82) is 0 Å². The topological polar surface area (TPSA) is 119 Å². The van der Waals surface area contributed by atoms with Gasteiger partial charge in [0.05, 0.1) is 6.54 Å². The number of aliphatic hydroxyl groups excluding tert-OH is 1. The van der Waals surface area contributed by atoms with Crippen LogP contribution in [0.4, 0.5) is 0 Å². The monoisotopic (exact) mass is 364 g/mol. The number of pyridine rings is 1. The van der Waals surface area contributed by atoms with Gasteiger partial charge in [0, 0.05) is 18.5 Å². The normalized spacial score (nSPS) is 15.3. The van der Waals surface area contributed by atoms with Gasteiger partial charge < -0.3 is 15.4 Å². The van der Waals surface area contributed by atoms with Gasteiger partial charge in [-0.25, -0.2) is 8.42 Å². The van der Waals surface area contributed by atoms with E-state index in [1.54, 1.807) is 6.07 Å². The number of nitrogens with two attached hydrogens (primary N) is 1. The van der Waals surface area contributed by atoms with Crippen molar-refractivity contribution in [3.05, 3.63) is 59.0 Å². The Morgan fingerprint density at radius 2 is 1.84 bits per heavy atom. The number of nitrogens with zero attached hydrogens (tertiary/aromatic N) is 1. The Kier molecular flexibility index (Phi) is 5.15. The first-order valence-electron chi connectivity index (χ1n) is 7.51. The van der Waals surface area contributed by atoms with Gasteiger partial charge in [-0.1, -0.05) is 30.3 Å². The first-order chi connectivity index (χ1) is 11.6. The number of primary amides is 1. The van der Waals surface area contributed by atoms with Crippen molar-refractivity contribution in [2.75, 3.05) is 6.26 Å². The first-order valence-corrected chi connectivity index (χ1v) is 9.40. The van der Waals surface area contributed by atoms with Gasteiger partial charge in [-0.05, 0) is 24.1 Å². The number of benzene rings is 1. The number of rotatable bonds is 6. The predicted molar refractivity (Wildman–Crippen MR) is 94.6 cm³/mol. The third-order valence-electron chi connectivity index (χ3n) is 4.37. The largest absolute Gasteiger partial charge is 0.389 e. The van der Waals surface area contributed by atoms with Crippen LogP contribution in [0.25, 0.3) is 11.1 Å². The zero-order valence-corrected chi connectivity index (χ0v) is 14.7. The molecule has 0 saturated heterocycles. The molecule has 2 unspecified atom stereocenters. The van der Waals surface area contributed by atoms with Crippen LogP contribution in [0, 0.1) is 0 Å². The molecule has 1 heterocycles. The van der Waals surface area contributed by atoms with Crippen LogP contribution in [0.3, 0.4) is 0 Å². The summed E-state index contributed by atoms with van der Waals surface area (Å²) in [6.07, 6.45) is 0.597. The SMILES string of the molecule is CC(C(N)=O)(C(O)Cn1ccc(-c2ccccc2)cc1=O)S(C)(=O)=O. The summed E-state index contributed by atoms with van der Waals surface area (Å²) < 4.78 is 22.8. The molecule has 1 aromatic heterocycles. The fourth-order valence-electron chi connectivity index (χ4n) is 2.42. The Morgan fingerprint density at radius 3 is 2.32 bits per heavy atom. The molecule has 0 aliphatic carbocycles. The zero-order valence-electron chi connectivity index (χ0n) is 13.9. The van der Waals surface area contributed by atoms with Crippen molar-refractivity contribution in [2.24, 2.45) is 5.73 Å². The van der Waals surface area contributed by atoms with E-state index in [4.69, 9.17) is 5.73 Å². The highest BCUT2D eigenvalue weighted by molar-refractivity contribution is 7.92. The molecule has 2 rings (SSSR count). The predicted octanol–water partition coefficient (Wildman–Crippen LogP) is 0.165. The average Bonchev–Trinajstić information content (AvgIpc) is 2.55. The number of carbonyl (C=O) groups excluding carboxylic acids is 1. The number of hydrogen-bond acceptors (Lipinski definition) is 5. The second kappa shape index (κ2) is 6.81. The van der Waals surface area contributed by atoms with Gasteiger partial charge in [0.25, 0.3) is 5.56 Å². The summed E-state index contributed by atoms with van der Waals surface area (Å²) in [5, 5.41) is 10.3. The smallest absolute Gasteiger partial charge is 0.251 e. The highest BCUT2D eigenvalue weighted by Gasteiger charge is 2.48. The molecule has 1 amide bonds. The molecule has 0 radical (unpaired) electrons. The Hall–Kier alpha value is -2.45. The lowest BCUT2D eigenvalue weighted by Crippen LogP contribution is -2.57. The van der Waals surface area contributed by atoms with E-state index in [1.807, 2.05) is 30.3 Å². The van der Waals surface area contributed by atoms with Crippen molar-refractivity contribution in [1.82, 2.24) is 4.57 Å². The van der Waals surface area contributed by atoms with Gasteiger partial charge in [-0.2, -0.15) is 0 Å². The van der Waals surface area contributed by atoms with Crippen LogP contribution in [0.2, 0.25) is 0 Å². The molecule has 0 spiro atoms. The van der Waals surface area contributed by atoms with Gasteiger partial charge >= 0.3 is 0 Å². The van der Waals surface area contributed by atoms with Gasteiger partial charge in [-0.3, -0.25) is 9.59 Å². The third kappa shape index (κ3) is 3.64. The number of amides is 1. The second-order valence-corrected chi connectivity index (χ2v) is 8.42. The van der Waals surface area contributed by atoms with E-state index in [0.29, 0.717) is 5.56 Å². The molecule has 2 aromatic rings. The molecule has 3 N–H and O–H groups in total. The number of carbonyl (C=O) groups is 1. The van der Waals surface area contributed by atoms with E-state index in [9.17, 15) is 23.1 Å². The van der Waals surface area contributed by atoms with Gasteiger partial charge in [0.15, 0.2) is 14.6 Å². The van der Waals surface area contributed by atoms with Crippen molar-refractivity contribution in [2.45, 2.75) is 24.3 Å². The molecule has 1 aromatic carbocycles. The number of aliphatic hydroxyl groups is 1. The van der Waals surface area contributed by atoms with Crippen LogP contribution in [0.5, 0.6) is 0 Å². The maximum Gasteiger partial charge on any atom is 0.251 e. The van der Waals surface area contributed by atoms with Crippen LogP contribution in [0.15, 0.2) is 53.5 Å². The number of sulfone groups is 1. The lowest BCUT2D eigenvalue weighted by Gasteiger charge is -2.29. The molecule has 0 fully saturated rings. The maximum absolute atomic E-state index is 12.3. The summed E-state index contributed by atoms with van der Waals surface area (Å²) in [7, 11) is -3.99. The standard InChI is InChI=1S/C17H20N2O5S/c1-17(16(18)22,25(2,23)24)14(20)11-19-9-8-13(10-15(19)21)12-6-4-3-5-7-12/h3-10,14,20H,11H2,1-2H3,(H2,18,22). The summed E-state index contributed by atoms with van der Waals surface area (Å²) in [5.41, 5.74) is 6.30. The van der Waals surface area contributed by atoms with Crippen molar-refractivity contribution < 1.29 is 18.3 Å². The van der Waals surface area contributed by atoms with Gasteiger partial charge in [0.1, 0.15) is 6.10 Å². The Balaban J connectivity index is 2.35. The van der Waals surface area contributed by atoms with E-state index in [0.717, 1.165) is 23.3 Å². The Morgan fingerprint density at radius 1 is 1.24 bits per heavy atom. The third-order valence-corrected chi connectivity index (χ3v) is 6.38. The minimum absolute atomic E-state index is 0.375. The van der Waals surface area contributed by atoms with Crippen LogP contribution < -0.4 is 11.3 Å². The van der Waals surface area contributed by atoms with E-state index >= 15 is 0 Å². The Labute approximate surface area is 145 Å². The maximum atomic E-state index is 12.3.